The Morgan fingerprint density at radius 2 is 1.95 bits per heavy atom. The number of nitrogen functional groups attached to an aromatic ring is 1. The van der Waals surface area contributed by atoms with Crippen LogP contribution in [0.2, 0.25) is 0 Å². The molecule has 0 saturated carbocycles. The third-order valence-electron chi connectivity index (χ3n) is 3.78. The van der Waals surface area contributed by atoms with Crippen molar-refractivity contribution in [3.63, 3.8) is 0 Å². The van der Waals surface area contributed by atoms with E-state index in [1.807, 2.05) is 6.92 Å². The van der Waals surface area contributed by atoms with Gasteiger partial charge in [0.05, 0.1) is 16.4 Å². The SMILES string of the molecule is Cc1cc(S(=O)(=O)NC2CCCS(=O)(=O)C2)cc(N)c1C. The first-order valence-electron chi connectivity index (χ1n) is 6.70. The van der Waals surface area contributed by atoms with E-state index in [9.17, 15) is 16.8 Å². The molecule has 3 N–H and O–H groups in total. The predicted octanol–water partition coefficient (Wildman–Crippen LogP) is 0.741. The van der Waals surface area contributed by atoms with E-state index in [0.717, 1.165) is 11.1 Å². The van der Waals surface area contributed by atoms with Gasteiger partial charge in [0.15, 0.2) is 9.84 Å². The van der Waals surface area contributed by atoms with Gasteiger partial charge in [-0.05, 0) is 49.9 Å². The van der Waals surface area contributed by atoms with Crippen LogP contribution >= 0.6 is 0 Å². The van der Waals surface area contributed by atoms with Gasteiger partial charge in [-0.3, -0.25) is 0 Å². The normalized spacial score (nSPS) is 22.1. The van der Waals surface area contributed by atoms with Crippen molar-refractivity contribution in [2.24, 2.45) is 0 Å². The van der Waals surface area contributed by atoms with Crippen molar-refractivity contribution in [2.75, 3.05) is 17.2 Å². The van der Waals surface area contributed by atoms with Gasteiger partial charge in [0.2, 0.25) is 10.0 Å². The van der Waals surface area contributed by atoms with Crippen molar-refractivity contribution in [1.82, 2.24) is 4.72 Å². The third-order valence-corrected chi connectivity index (χ3v) is 7.10. The zero-order valence-electron chi connectivity index (χ0n) is 12.1. The monoisotopic (exact) mass is 332 g/mol. The Bertz CT molecular complexity index is 731. The average Bonchev–Trinajstić information content (AvgIpc) is 2.33. The van der Waals surface area contributed by atoms with Gasteiger partial charge in [0.1, 0.15) is 0 Å². The Kier molecular flexibility index (Phi) is 4.32. The second-order valence-corrected chi connectivity index (χ2v) is 9.47. The number of aryl methyl sites for hydroxylation is 1. The van der Waals surface area contributed by atoms with Crippen LogP contribution in [0.25, 0.3) is 0 Å². The number of sulfone groups is 1. The Balaban J connectivity index is 2.27. The van der Waals surface area contributed by atoms with Gasteiger partial charge in [0, 0.05) is 11.7 Å². The zero-order valence-corrected chi connectivity index (χ0v) is 13.7. The number of nitrogens with one attached hydrogen (secondary N) is 1. The molecule has 0 spiro atoms. The maximum atomic E-state index is 12.4. The first kappa shape index (κ1) is 16.3. The lowest BCUT2D eigenvalue weighted by molar-refractivity contribution is 0.517. The van der Waals surface area contributed by atoms with Gasteiger partial charge in [-0.25, -0.2) is 21.6 Å². The van der Waals surface area contributed by atoms with Crippen LogP contribution in [0, 0.1) is 13.8 Å². The molecule has 1 fully saturated rings. The van der Waals surface area contributed by atoms with Gasteiger partial charge < -0.3 is 5.73 Å². The van der Waals surface area contributed by atoms with Crippen molar-refractivity contribution in [2.45, 2.75) is 37.6 Å². The molecule has 8 heteroatoms. The first-order chi connectivity index (χ1) is 9.61. The Hall–Kier alpha value is -1.12. The molecule has 0 amide bonds. The lowest BCUT2D eigenvalue weighted by atomic mass is 10.1. The van der Waals surface area contributed by atoms with Gasteiger partial charge in [-0.2, -0.15) is 0 Å². The molecular formula is C13H20N2O4S2. The minimum Gasteiger partial charge on any atom is -0.398 e. The van der Waals surface area contributed by atoms with Crippen LogP contribution in [0.1, 0.15) is 24.0 Å². The molecule has 118 valence electrons. The fourth-order valence-corrected chi connectivity index (χ4v) is 5.54. The Morgan fingerprint density at radius 1 is 1.29 bits per heavy atom. The number of rotatable bonds is 3. The third kappa shape index (κ3) is 3.75. The molecule has 1 heterocycles. The van der Waals surface area contributed by atoms with Gasteiger partial charge in [0.25, 0.3) is 0 Å². The van der Waals surface area contributed by atoms with E-state index < -0.39 is 25.9 Å². The number of sulfonamides is 1. The number of nitrogens with two attached hydrogens (primary N) is 1. The molecule has 1 atom stereocenters. The molecule has 0 aromatic heterocycles. The molecule has 0 radical (unpaired) electrons. The van der Waals surface area contributed by atoms with Crippen LogP contribution < -0.4 is 10.5 Å². The Morgan fingerprint density at radius 3 is 2.52 bits per heavy atom. The van der Waals surface area contributed by atoms with Crippen molar-refractivity contribution in [3.8, 4) is 0 Å². The molecule has 1 unspecified atom stereocenters. The van der Waals surface area contributed by atoms with E-state index in [2.05, 4.69) is 4.72 Å². The lowest BCUT2D eigenvalue weighted by Crippen LogP contribution is -2.43. The summed E-state index contributed by atoms with van der Waals surface area (Å²) in [6, 6.07) is 2.38. The summed E-state index contributed by atoms with van der Waals surface area (Å²) >= 11 is 0. The number of anilines is 1. The molecule has 1 aliphatic heterocycles. The number of benzene rings is 1. The van der Waals surface area contributed by atoms with E-state index in [1.165, 1.54) is 6.07 Å². The number of hydrogen-bond acceptors (Lipinski definition) is 5. The molecule has 6 nitrogen and oxygen atoms in total. The molecule has 1 aromatic carbocycles. The number of hydrogen-bond donors (Lipinski definition) is 2. The predicted molar refractivity (Wildman–Crippen MR) is 82.3 cm³/mol. The van der Waals surface area contributed by atoms with E-state index in [0.29, 0.717) is 18.5 Å². The second-order valence-electron chi connectivity index (χ2n) is 5.53. The highest BCUT2D eigenvalue weighted by molar-refractivity contribution is 7.91. The maximum absolute atomic E-state index is 12.4. The largest absolute Gasteiger partial charge is 0.398 e. The summed E-state index contributed by atoms with van der Waals surface area (Å²) in [7, 11) is -6.93. The van der Waals surface area contributed by atoms with E-state index >= 15 is 0 Å². The van der Waals surface area contributed by atoms with E-state index in [1.54, 1.807) is 13.0 Å². The van der Waals surface area contributed by atoms with Crippen LogP contribution in [0.4, 0.5) is 5.69 Å². The minimum absolute atomic E-state index is 0.0751. The highest BCUT2D eigenvalue weighted by Gasteiger charge is 2.29. The lowest BCUT2D eigenvalue weighted by Gasteiger charge is -2.23. The first-order valence-corrected chi connectivity index (χ1v) is 10.0. The topological polar surface area (TPSA) is 106 Å². The molecule has 1 aliphatic rings. The zero-order chi connectivity index (χ0) is 15.8. The summed E-state index contributed by atoms with van der Waals surface area (Å²) < 4.78 is 50.4. The quantitative estimate of drug-likeness (QED) is 0.794. The fraction of sp³-hybridized carbons (Fsp3) is 0.538. The van der Waals surface area contributed by atoms with Crippen LogP contribution in [0.5, 0.6) is 0 Å². The highest BCUT2D eigenvalue weighted by atomic mass is 32.2. The van der Waals surface area contributed by atoms with Crippen molar-refractivity contribution < 1.29 is 16.8 Å². The van der Waals surface area contributed by atoms with Crippen molar-refractivity contribution in [3.05, 3.63) is 23.3 Å². The summed E-state index contributed by atoms with van der Waals surface area (Å²) in [6.07, 6.45) is 1.00. The van der Waals surface area contributed by atoms with Crippen LogP contribution in [-0.2, 0) is 19.9 Å². The Labute approximate surface area is 125 Å². The summed E-state index contributed by atoms with van der Waals surface area (Å²) in [5, 5.41) is 0. The fourth-order valence-electron chi connectivity index (χ4n) is 2.41. The van der Waals surface area contributed by atoms with Crippen LogP contribution in [0.3, 0.4) is 0 Å². The maximum Gasteiger partial charge on any atom is 0.240 e. The van der Waals surface area contributed by atoms with Crippen molar-refractivity contribution in [1.29, 1.82) is 0 Å². The van der Waals surface area contributed by atoms with Gasteiger partial charge in [-0.1, -0.05) is 0 Å². The second kappa shape index (κ2) is 5.58. The van der Waals surface area contributed by atoms with Gasteiger partial charge in [-0.15, -0.1) is 0 Å². The molecule has 1 saturated heterocycles. The molecule has 1 aromatic rings. The van der Waals surface area contributed by atoms with Crippen LogP contribution in [-0.4, -0.2) is 34.4 Å². The minimum atomic E-state index is -3.77. The van der Waals surface area contributed by atoms with Crippen LogP contribution in [0.15, 0.2) is 17.0 Å². The molecule has 0 bridgehead atoms. The standard InChI is InChI=1S/C13H20N2O4S2/c1-9-6-12(7-13(14)10(9)2)21(18,19)15-11-4-3-5-20(16,17)8-11/h6-7,11,15H,3-5,8,14H2,1-2H3. The molecule has 0 aliphatic carbocycles. The summed E-state index contributed by atoms with van der Waals surface area (Å²) in [5.41, 5.74) is 7.84. The van der Waals surface area contributed by atoms with Crippen molar-refractivity contribution >= 4 is 25.5 Å². The van der Waals surface area contributed by atoms with E-state index in [4.69, 9.17) is 5.73 Å². The highest BCUT2D eigenvalue weighted by Crippen LogP contribution is 2.22. The summed E-state index contributed by atoms with van der Waals surface area (Å²) in [4.78, 5) is 0.0751. The summed E-state index contributed by atoms with van der Waals surface area (Å²) in [6.45, 7) is 3.61. The molecule has 2 rings (SSSR count). The van der Waals surface area contributed by atoms with E-state index in [-0.39, 0.29) is 16.4 Å². The summed E-state index contributed by atoms with van der Waals surface area (Å²) in [5.74, 6) is -0.0195. The molecule has 21 heavy (non-hydrogen) atoms. The average molecular weight is 332 g/mol. The molecular weight excluding hydrogens is 312 g/mol. The van der Waals surface area contributed by atoms with Gasteiger partial charge >= 0.3 is 0 Å². The smallest absolute Gasteiger partial charge is 0.240 e.